The summed E-state index contributed by atoms with van der Waals surface area (Å²) in [6.45, 7) is 2.09. The molecule has 0 saturated heterocycles. The molecule has 0 aromatic heterocycles. The maximum Gasteiger partial charge on any atom is 0.234 e. The molecule has 1 N–H and O–H groups in total. The van der Waals surface area contributed by atoms with Crippen molar-refractivity contribution in [2.24, 2.45) is 0 Å². The van der Waals surface area contributed by atoms with Gasteiger partial charge in [-0.25, -0.2) is 0 Å². The number of benzene rings is 2. The molecule has 0 bridgehead atoms. The van der Waals surface area contributed by atoms with Gasteiger partial charge in [0.25, 0.3) is 0 Å². The highest BCUT2D eigenvalue weighted by atomic mass is 79.9. The van der Waals surface area contributed by atoms with E-state index in [1.54, 1.807) is 11.8 Å². The van der Waals surface area contributed by atoms with Crippen molar-refractivity contribution in [2.45, 2.75) is 42.4 Å². The Labute approximate surface area is 150 Å². The largest absolute Gasteiger partial charge is 0.353 e. The topological polar surface area (TPSA) is 29.1 Å². The molecule has 23 heavy (non-hydrogen) atoms. The van der Waals surface area contributed by atoms with Gasteiger partial charge in [0.05, 0.1) is 5.25 Å². The van der Waals surface area contributed by atoms with Gasteiger partial charge in [0.1, 0.15) is 0 Å². The number of nitrogens with one attached hydrogen (secondary N) is 1. The van der Waals surface area contributed by atoms with Gasteiger partial charge in [-0.1, -0.05) is 46.3 Å². The van der Waals surface area contributed by atoms with Gasteiger partial charge in [-0.2, -0.15) is 0 Å². The Morgan fingerprint density at radius 3 is 2.74 bits per heavy atom. The van der Waals surface area contributed by atoms with E-state index in [9.17, 15) is 4.79 Å². The predicted molar refractivity (Wildman–Crippen MR) is 99.9 cm³/mol. The molecule has 0 fully saturated rings. The van der Waals surface area contributed by atoms with Crippen LogP contribution in [0.25, 0.3) is 0 Å². The number of thioether (sulfide) groups is 1. The number of carbonyl (C=O) groups excluding carboxylic acids is 1. The van der Waals surface area contributed by atoms with Crippen molar-refractivity contribution in [3.8, 4) is 0 Å². The number of hydrogen-bond donors (Lipinski definition) is 1. The van der Waals surface area contributed by atoms with Gasteiger partial charge in [0, 0.05) is 15.4 Å². The normalized spacial score (nSPS) is 17.6. The van der Waals surface area contributed by atoms with E-state index in [0.717, 1.165) is 23.7 Å². The van der Waals surface area contributed by atoms with Gasteiger partial charge in [-0.3, -0.25) is 4.79 Å². The van der Waals surface area contributed by atoms with E-state index < -0.39 is 0 Å². The number of halogens is 1. The highest BCUT2D eigenvalue weighted by molar-refractivity contribution is 9.10. The van der Waals surface area contributed by atoms with Crippen LogP contribution in [0.15, 0.2) is 57.9 Å². The van der Waals surface area contributed by atoms with Crippen molar-refractivity contribution >= 4 is 33.6 Å². The summed E-state index contributed by atoms with van der Waals surface area (Å²) in [6, 6.07) is 16.9. The van der Waals surface area contributed by atoms with Crippen LogP contribution in [0.2, 0.25) is 0 Å². The molecule has 3 rings (SSSR count). The minimum Gasteiger partial charge on any atom is -0.353 e. The van der Waals surface area contributed by atoms with Gasteiger partial charge in [0.15, 0.2) is 0 Å². The van der Waals surface area contributed by atoms with Crippen LogP contribution in [-0.4, -0.2) is 17.2 Å². The number of aryl methyl sites for hydroxylation is 1. The Hall–Kier alpha value is -1.26. The summed E-state index contributed by atoms with van der Waals surface area (Å²) in [7, 11) is 0. The fourth-order valence-corrected chi connectivity index (χ4v) is 4.24. The number of carbonyl (C=O) groups is 1. The van der Waals surface area contributed by atoms with E-state index in [1.165, 1.54) is 16.0 Å². The standard InChI is InChI=1S/C19H20BrNOS/c1-13(6-7-14-8-10-16(20)11-9-14)21-19(22)18-12-15-4-2-3-5-17(15)23-18/h2-5,8-11,13,18H,6-7,12H2,1H3,(H,21,22). The zero-order valence-corrected chi connectivity index (χ0v) is 15.5. The molecule has 4 heteroatoms. The molecule has 1 amide bonds. The molecule has 2 aromatic carbocycles. The number of amides is 1. The first kappa shape index (κ1) is 16.6. The molecular weight excluding hydrogens is 370 g/mol. The van der Waals surface area contributed by atoms with E-state index in [4.69, 9.17) is 0 Å². The van der Waals surface area contributed by atoms with Crippen LogP contribution in [-0.2, 0) is 17.6 Å². The number of rotatable bonds is 5. The Morgan fingerprint density at radius 1 is 1.26 bits per heavy atom. The summed E-state index contributed by atoms with van der Waals surface area (Å²) in [5.41, 5.74) is 2.59. The minimum atomic E-state index is 0.0162. The Morgan fingerprint density at radius 2 is 2.00 bits per heavy atom. The lowest BCUT2D eigenvalue weighted by molar-refractivity contribution is -0.121. The van der Waals surface area contributed by atoms with E-state index in [-0.39, 0.29) is 17.2 Å². The first-order chi connectivity index (χ1) is 11.1. The fraction of sp³-hybridized carbons (Fsp3) is 0.316. The molecule has 0 aliphatic carbocycles. The van der Waals surface area contributed by atoms with Crippen LogP contribution < -0.4 is 5.32 Å². The van der Waals surface area contributed by atoms with Crippen LogP contribution in [0.4, 0.5) is 0 Å². The maximum atomic E-state index is 12.4. The van der Waals surface area contributed by atoms with Crippen LogP contribution in [0.5, 0.6) is 0 Å². The third kappa shape index (κ3) is 4.39. The van der Waals surface area contributed by atoms with Crippen molar-refractivity contribution in [2.75, 3.05) is 0 Å². The fourth-order valence-electron chi connectivity index (χ4n) is 2.77. The lowest BCUT2D eigenvalue weighted by Gasteiger charge is -2.16. The zero-order chi connectivity index (χ0) is 16.2. The Kier molecular flexibility index (Phi) is 5.44. The second kappa shape index (κ2) is 7.54. The summed E-state index contributed by atoms with van der Waals surface area (Å²) in [5.74, 6) is 0.162. The number of fused-ring (bicyclic) bond motifs is 1. The monoisotopic (exact) mass is 389 g/mol. The van der Waals surface area contributed by atoms with Crippen molar-refractivity contribution in [3.05, 3.63) is 64.1 Å². The molecule has 1 aliphatic rings. The minimum absolute atomic E-state index is 0.0162. The zero-order valence-electron chi connectivity index (χ0n) is 13.1. The Bertz CT molecular complexity index is 661. The highest BCUT2D eigenvalue weighted by Crippen LogP contribution is 2.36. The van der Waals surface area contributed by atoms with Gasteiger partial charge < -0.3 is 5.32 Å². The first-order valence-corrected chi connectivity index (χ1v) is 9.58. The van der Waals surface area contributed by atoms with Crippen molar-refractivity contribution in [1.29, 1.82) is 0 Å². The highest BCUT2D eigenvalue weighted by Gasteiger charge is 2.28. The summed E-state index contributed by atoms with van der Waals surface area (Å²) < 4.78 is 1.10. The lowest BCUT2D eigenvalue weighted by Crippen LogP contribution is -2.38. The van der Waals surface area contributed by atoms with Crippen LogP contribution in [0.3, 0.4) is 0 Å². The molecule has 2 aromatic rings. The average Bonchev–Trinajstić information content (AvgIpc) is 2.98. The van der Waals surface area contributed by atoms with Gasteiger partial charge in [-0.05, 0) is 55.5 Å². The molecule has 2 nitrogen and oxygen atoms in total. The lowest BCUT2D eigenvalue weighted by atomic mass is 10.1. The van der Waals surface area contributed by atoms with E-state index in [0.29, 0.717) is 0 Å². The van der Waals surface area contributed by atoms with E-state index in [1.807, 2.05) is 12.1 Å². The molecule has 1 heterocycles. The average molecular weight is 390 g/mol. The van der Waals surface area contributed by atoms with Crippen molar-refractivity contribution in [1.82, 2.24) is 5.32 Å². The molecule has 2 unspecified atom stereocenters. The molecule has 0 spiro atoms. The molecule has 2 atom stereocenters. The summed E-state index contributed by atoms with van der Waals surface area (Å²) in [5, 5.41) is 3.19. The predicted octanol–water partition coefficient (Wildman–Crippen LogP) is 4.60. The summed E-state index contributed by atoms with van der Waals surface area (Å²) >= 11 is 5.13. The van der Waals surface area contributed by atoms with Gasteiger partial charge >= 0.3 is 0 Å². The molecule has 1 aliphatic heterocycles. The van der Waals surface area contributed by atoms with Gasteiger partial charge in [0.2, 0.25) is 5.91 Å². The summed E-state index contributed by atoms with van der Waals surface area (Å²) in [6.07, 6.45) is 2.77. The van der Waals surface area contributed by atoms with Crippen molar-refractivity contribution in [3.63, 3.8) is 0 Å². The maximum absolute atomic E-state index is 12.4. The molecule has 120 valence electrons. The number of hydrogen-bond acceptors (Lipinski definition) is 2. The van der Waals surface area contributed by atoms with E-state index >= 15 is 0 Å². The van der Waals surface area contributed by atoms with Crippen molar-refractivity contribution < 1.29 is 4.79 Å². The smallest absolute Gasteiger partial charge is 0.234 e. The quantitative estimate of drug-likeness (QED) is 0.808. The first-order valence-electron chi connectivity index (χ1n) is 7.91. The molecular formula is C19H20BrNOS. The third-order valence-electron chi connectivity index (χ3n) is 4.11. The second-order valence-corrected chi connectivity index (χ2v) is 8.15. The van der Waals surface area contributed by atoms with Crippen LogP contribution in [0, 0.1) is 0 Å². The SMILES string of the molecule is CC(CCc1ccc(Br)cc1)NC(=O)C1Cc2ccccc2S1. The van der Waals surface area contributed by atoms with Crippen LogP contribution in [0.1, 0.15) is 24.5 Å². The third-order valence-corrected chi connectivity index (χ3v) is 5.95. The van der Waals surface area contributed by atoms with E-state index in [2.05, 4.69) is 64.6 Å². The van der Waals surface area contributed by atoms with Gasteiger partial charge in [-0.15, -0.1) is 11.8 Å². The molecule has 0 radical (unpaired) electrons. The summed E-state index contributed by atoms with van der Waals surface area (Å²) in [4.78, 5) is 13.7. The Balaban J connectivity index is 1.47. The second-order valence-electron chi connectivity index (χ2n) is 5.99. The van der Waals surface area contributed by atoms with Crippen LogP contribution >= 0.6 is 27.7 Å². The molecule has 0 saturated carbocycles.